The third-order valence-electron chi connectivity index (χ3n) is 5.33. The van der Waals surface area contributed by atoms with Gasteiger partial charge in [0.15, 0.2) is 0 Å². The van der Waals surface area contributed by atoms with Crippen LogP contribution < -0.4 is 22.1 Å². The molecule has 0 aliphatic heterocycles. The van der Waals surface area contributed by atoms with Crippen molar-refractivity contribution in [2.24, 2.45) is 17.4 Å². The minimum Gasteiger partial charge on any atom is -0.445 e. The first-order chi connectivity index (χ1) is 15.9. The zero-order chi connectivity index (χ0) is 24.1. The van der Waals surface area contributed by atoms with Crippen LogP contribution in [0.25, 0.3) is 0 Å². The van der Waals surface area contributed by atoms with Gasteiger partial charge in [0.05, 0.1) is 26.4 Å². The average molecular weight is 465 g/mol. The summed E-state index contributed by atoms with van der Waals surface area (Å²) in [5.41, 5.74) is 12.6. The van der Waals surface area contributed by atoms with Gasteiger partial charge in [0.25, 0.3) is 0 Å². The molecule has 1 saturated carbocycles. The van der Waals surface area contributed by atoms with Crippen molar-refractivity contribution in [1.29, 1.82) is 0 Å². The average Bonchev–Trinajstić information content (AvgIpc) is 3.53. The van der Waals surface area contributed by atoms with Crippen LogP contribution in [0.1, 0.15) is 43.2 Å². The van der Waals surface area contributed by atoms with Crippen molar-refractivity contribution in [2.45, 2.75) is 44.8 Å². The van der Waals surface area contributed by atoms with Crippen LogP contribution in [0.2, 0.25) is 0 Å². The Morgan fingerprint density at radius 1 is 1.15 bits per heavy atom. The zero-order valence-corrected chi connectivity index (χ0v) is 19.2. The molecule has 0 saturated heterocycles. The number of carbonyl (C=O) groups excluding carboxylic acids is 3. The van der Waals surface area contributed by atoms with E-state index >= 15 is 0 Å². The van der Waals surface area contributed by atoms with Gasteiger partial charge in [0, 0.05) is 19.5 Å². The number of carbonyl (C=O) groups is 3. The van der Waals surface area contributed by atoms with Gasteiger partial charge in [-0.15, -0.1) is 0 Å². The molecule has 2 unspecified atom stereocenters. The fourth-order valence-electron chi connectivity index (χ4n) is 3.36. The van der Waals surface area contributed by atoms with Crippen LogP contribution in [-0.4, -0.2) is 63.5 Å². The van der Waals surface area contributed by atoms with Crippen molar-refractivity contribution in [3.8, 4) is 0 Å². The molecule has 10 nitrogen and oxygen atoms in total. The van der Waals surface area contributed by atoms with Gasteiger partial charge in [-0.2, -0.15) is 0 Å². The summed E-state index contributed by atoms with van der Waals surface area (Å²) in [6.45, 7) is 4.54. The normalized spacial score (nSPS) is 17.8. The molecule has 0 radical (unpaired) electrons. The summed E-state index contributed by atoms with van der Waals surface area (Å²) in [4.78, 5) is 35.9. The number of primary amides is 1. The van der Waals surface area contributed by atoms with Gasteiger partial charge in [0.2, 0.25) is 11.8 Å². The summed E-state index contributed by atoms with van der Waals surface area (Å²) in [6, 6.07) is 7.02. The van der Waals surface area contributed by atoms with Crippen molar-refractivity contribution in [2.75, 3.05) is 39.5 Å². The standard InChI is InChI=1S/C23H36N4O6/c1-16-13-19(16)18-4-2-3-17(14-18)15-33-23(30)27-20(5-6-21(25)28)22(29)26-8-10-32-12-11-31-9-7-24/h2-4,14,16,19-20H,5-13,15,24H2,1H3,(H2,25,28)(H,26,29)(H,27,30)/t16?,19-,20?/m0/s1. The Balaban J connectivity index is 1.74. The number of rotatable bonds is 16. The van der Waals surface area contributed by atoms with Crippen molar-refractivity contribution in [3.63, 3.8) is 0 Å². The maximum absolute atomic E-state index is 12.5. The number of alkyl carbamates (subject to hydrolysis) is 1. The van der Waals surface area contributed by atoms with E-state index in [9.17, 15) is 14.4 Å². The minimum atomic E-state index is -0.948. The number of ether oxygens (including phenoxy) is 3. The Bertz CT molecular complexity index is 775. The fourth-order valence-corrected chi connectivity index (χ4v) is 3.36. The van der Waals surface area contributed by atoms with Gasteiger partial charge in [0.1, 0.15) is 12.6 Å². The molecule has 2 rings (SSSR count). The van der Waals surface area contributed by atoms with E-state index in [1.165, 1.54) is 12.0 Å². The van der Waals surface area contributed by atoms with E-state index in [1.807, 2.05) is 18.2 Å². The van der Waals surface area contributed by atoms with Crippen LogP contribution in [0, 0.1) is 5.92 Å². The Morgan fingerprint density at radius 3 is 2.55 bits per heavy atom. The Morgan fingerprint density at radius 2 is 1.88 bits per heavy atom. The molecule has 33 heavy (non-hydrogen) atoms. The first-order valence-electron chi connectivity index (χ1n) is 11.3. The largest absolute Gasteiger partial charge is 0.445 e. The predicted octanol–water partition coefficient (Wildman–Crippen LogP) is 0.778. The van der Waals surface area contributed by atoms with E-state index in [0.717, 1.165) is 5.56 Å². The SMILES string of the molecule is CC1C[C@@H]1c1cccc(COC(=O)NC(CCC(N)=O)C(=O)NCCOCCOCCN)c1. The monoisotopic (exact) mass is 464 g/mol. The van der Waals surface area contributed by atoms with Crippen LogP contribution in [0.4, 0.5) is 4.79 Å². The van der Waals surface area contributed by atoms with E-state index in [0.29, 0.717) is 38.2 Å². The molecule has 0 spiro atoms. The predicted molar refractivity (Wildman–Crippen MR) is 122 cm³/mol. The zero-order valence-electron chi connectivity index (χ0n) is 19.2. The molecule has 3 amide bonds. The lowest BCUT2D eigenvalue weighted by Gasteiger charge is -2.18. The van der Waals surface area contributed by atoms with Crippen LogP contribution in [0.15, 0.2) is 24.3 Å². The maximum Gasteiger partial charge on any atom is 0.408 e. The Labute approximate surface area is 194 Å². The molecule has 10 heteroatoms. The third-order valence-corrected chi connectivity index (χ3v) is 5.33. The van der Waals surface area contributed by atoms with Crippen LogP contribution in [-0.2, 0) is 30.4 Å². The second-order valence-electron chi connectivity index (χ2n) is 8.15. The van der Waals surface area contributed by atoms with Gasteiger partial charge in [-0.25, -0.2) is 4.79 Å². The quantitative estimate of drug-likeness (QED) is 0.263. The van der Waals surface area contributed by atoms with Crippen molar-refractivity contribution in [3.05, 3.63) is 35.4 Å². The smallest absolute Gasteiger partial charge is 0.408 e. The van der Waals surface area contributed by atoms with Gasteiger partial charge in [-0.05, 0) is 35.8 Å². The molecule has 1 fully saturated rings. The second kappa shape index (κ2) is 14.5. The number of hydrogen-bond acceptors (Lipinski definition) is 7. The summed E-state index contributed by atoms with van der Waals surface area (Å²) in [5.74, 6) is 0.253. The minimum absolute atomic E-state index is 0.0467. The highest BCUT2D eigenvalue weighted by Gasteiger charge is 2.33. The second-order valence-corrected chi connectivity index (χ2v) is 8.15. The topological polar surface area (TPSA) is 155 Å². The number of hydrogen-bond donors (Lipinski definition) is 4. The molecule has 3 atom stereocenters. The van der Waals surface area contributed by atoms with Gasteiger partial charge < -0.3 is 36.3 Å². The van der Waals surface area contributed by atoms with Gasteiger partial charge >= 0.3 is 6.09 Å². The summed E-state index contributed by atoms with van der Waals surface area (Å²) >= 11 is 0. The Hall–Kier alpha value is -2.69. The van der Waals surface area contributed by atoms with Crippen molar-refractivity contribution < 1.29 is 28.6 Å². The van der Waals surface area contributed by atoms with E-state index < -0.39 is 23.9 Å². The molecule has 1 aliphatic carbocycles. The highest BCUT2D eigenvalue weighted by Crippen LogP contribution is 2.46. The third kappa shape index (κ3) is 10.6. The molecule has 0 heterocycles. The van der Waals surface area contributed by atoms with E-state index in [-0.39, 0.29) is 32.6 Å². The van der Waals surface area contributed by atoms with Crippen LogP contribution in [0.3, 0.4) is 0 Å². The molecule has 184 valence electrons. The molecule has 0 aromatic heterocycles. The summed E-state index contributed by atoms with van der Waals surface area (Å²) in [6.07, 6.45) is 0.459. The fraction of sp³-hybridized carbons (Fsp3) is 0.609. The van der Waals surface area contributed by atoms with Crippen LogP contribution in [0.5, 0.6) is 0 Å². The molecule has 1 aromatic carbocycles. The number of nitrogens with one attached hydrogen (secondary N) is 2. The molecule has 6 N–H and O–H groups in total. The summed E-state index contributed by atoms with van der Waals surface area (Å²) in [7, 11) is 0. The molecule has 1 aliphatic rings. The highest BCUT2D eigenvalue weighted by atomic mass is 16.5. The number of amides is 3. The van der Waals surface area contributed by atoms with E-state index in [1.54, 1.807) is 0 Å². The lowest BCUT2D eigenvalue weighted by molar-refractivity contribution is -0.123. The van der Waals surface area contributed by atoms with E-state index in [4.69, 9.17) is 25.7 Å². The van der Waals surface area contributed by atoms with E-state index in [2.05, 4.69) is 23.6 Å². The summed E-state index contributed by atoms with van der Waals surface area (Å²) < 4.78 is 15.8. The highest BCUT2D eigenvalue weighted by molar-refractivity contribution is 5.86. The lowest BCUT2D eigenvalue weighted by Crippen LogP contribution is -2.48. The first kappa shape index (κ1) is 26.6. The molecular weight excluding hydrogens is 428 g/mol. The van der Waals surface area contributed by atoms with Crippen molar-refractivity contribution in [1.82, 2.24) is 10.6 Å². The van der Waals surface area contributed by atoms with Crippen LogP contribution >= 0.6 is 0 Å². The maximum atomic E-state index is 12.5. The molecule has 1 aromatic rings. The van der Waals surface area contributed by atoms with Crippen molar-refractivity contribution >= 4 is 17.9 Å². The molecular formula is C23H36N4O6. The lowest BCUT2D eigenvalue weighted by atomic mass is 10.1. The first-order valence-corrected chi connectivity index (χ1v) is 11.3. The number of nitrogens with two attached hydrogens (primary N) is 2. The number of benzene rings is 1. The Kier molecular flexibility index (Phi) is 11.6. The van der Waals surface area contributed by atoms with Gasteiger partial charge in [-0.3, -0.25) is 9.59 Å². The van der Waals surface area contributed by atoms with Gasteiger partial charge in [-0.1, -0.05) is 31.2 Å². The summed E-state index contributed by atoms with van der Waals surface area (Å²) in [5, 5.41) is 5.19. The molecule has 0 bridgehead atoms.